The summed E-state index contributed by atoms with van der Waals surface area (Å²) >= 11 is 1.85. The molecule has 8 rings (SSSR count). The van der Waals surface area contributed by atoms with E-state index in [0.717, 1.165) is 64.6 Å². The number of likely N-dealkylation sites (N-methyl/N-ethyl adjacent to an activating group) is 1. The molecule has 2 saturated carbocycles. The molecule has 1 unspecified atom stereocenters. The molecule has 0 radical (unpaired) electrons. The lowest BCUT2D eigenvalue weighted by atomic mass is 9.98. The predicted molar refractivity (Wildman–Crippen MR) is 210 cm³/mol. The zero-order valence-corrected chi connectivity index (χ0v) is 31.4. The molecule has 11 nitrogen and oxygen atoms in total. The van der Waals surface area contributed by atoms with Gasteiger partial charge in [-0.05, 0) is 93.6 Å². The Balaban J connectivity index is 1.04. The fraction of sp³-hybridized carbons (Fsp3) is 0.514. The van der Waals surface area contributed by atoms with Crippen LogP contribution in [0.5, 0.6) is 5.75 Å². The zero-order chi connectivity index (χ0) is 34.2. The maximum absolute atomic E-state index is 6.02. The molecule has 2 aromatic heterocycles. The van der Waals surface area contributed by atoms with E-state index in [1.54, 1.807) is 19.5 Å². The van der Waals surface area contributed by atoms with Crippen molar-refractivity contribution >= 4 is 72.0 Å². The number of piperidine rings is 1. The second-order valence-electron chi connectivity index (χ2n) is 14.3. The number of piperazine rings is 1. The summed E-state index contributed by atoms with van der Waals surface area (Å²) < 4.78 is 8.25. The number of methoxy groups -OCH3 is 1. The number of ether oxygens (including phenoxy) is 1. The topological polar surface area (TPSA) is 97.8 Å². The van der Waals surface area contributed by atoms with Gasteiger partial charge in [-0.25, -0.2) is 4.98 Å². The lowest BCUT2D eigenvalue weighted by molar-refractivity contribution is 0.0982. The first-order valence-electron chi connectivity index (χ1n) is 18.1. The summed E-state index contributed by atoms with van der Waals surface area (Å²) in [6.45, 7) is 6.89. The highest BCUT2D eigenvalue weighted by Gasteiger charge is 2.30. The molecule has 50 heavy (non-hydrogen) atoms. The van der Waals surface area contributed by atoms with Crippen molar-refractivity contribution in [2.24, 2.45) is 5.92 Å². The Kier molecular flexibility index (Phi) is 9.88. The molecule has 2 aromatic carbocycles. The van der Waals surface area contributed by atoms with E-state index in [9.17, 15) is 0 Å². The molecule has 4 fully saturated rings. The van der Waals surface area contributed by atoms with Crippen LogP contribution in [0, 0.1) is 5.92 Å². The SMILES string of the molecule is COc1cc(N2CCC(N3CCN(C)CC3)CC2)c(CC2CC2)cc1Nc1ncc(P)c(Nc2ccc3nccnc3c2N(C)SC2CC2)n1. The molecule has 2 aliphatic carbocycles. The molecule has 4 aliphatic rings. The van der Waals surface area contributed by atoms with E-state index >= 15 is 0 Å². The number of hydrogen-bond acceptors (Lipinski definition) is 12. The highest BCUT2D eigenvalue weighted by Crippen LogP contribution is 2.44. The average molecular weight is 713 g/mol. The first-order valence-corrected chi connectivity index (χ1v) is 19.5. The highest BCUT2D eigenvalue weighted by molar-refractivity contribution is 8.01. The Labute approximate surface area is 302 Å². The number of anilines is 6. The summed E-state index contributed by atoms with van der Waals surface area (Å²) in [7, 11) is 8.87. The second kappa shape index (κ2) is 14.7. The summed E-state index contributed by atoms with van der Waals surface area (Å²) in [4.78, 5) is 26.7. The number of nitrogens with one attached hydrogen (secondary N) is 2. The average Bonchev–Trinajstić information content (AvgIpc) is 4.08. The summed E-state index contributed by atoms with van der Waals surface area (Å²) in [6.07, 6.45) is 13.9. The van der Waals surface area contributed by atoms with Crippen molar-refractivity contribution < 1.29 is 4.74 Å². The van der Waals surface area contributed by atoms with Crippen LogP contribution in [0.4, 0.5) is 34.5 Å². The van der Waals surface area contributed by atoms with Crippen molar-refractivity contribution in [1.82, 2.24) is 29.7 Å². The van der Waals surface area contributed by atoms with Gasteiger partial charge in [-0.1, -0.05) is 9.24 Å². The summed E-state index contributed by atoms with van der Waals surface area (Å²) in [6, 6.07) is 9.29. The maximum Gasteiger partial charge on any atom is 0.229 e. The van der Waals surface area contributed by atoms with Crippen LogP contribution in [0.15, 0.2) is 42.9 Å². The lowest BCUT2D eigenvalue weighted by Crippen LogP contribution is -2.52. The molecule has 13 heteroatoms. The van der Waals surface area contributed by atoms with Crippen LogP contribution in [-0.4, -0.2) is 102 Å². The van der Waals surface area contributed by atoms with Crippen LogP contribution in [0.3, 0.4) is 0 Å². The van der Waals surface area contributed by atoms with Crippen LogP contribution in [0.25, 0.3) is 11.0 Å². The van der Waals surface area contributed by atoms with Gasteiger partial charge in [-0.3, -0.25) is 14.9 Å². The van der Waals surface area contributed by atoms with E-state index in [1.165, 1.54) is 76.0 Å². The molecule has 0 amide bonds. The summed E-state index contributed by atoms with van der Waals surface area (Å²) in [5.41, 5.74) is 7.25. The van der Waals surface area contributed by atoms with Crippen molar-refractivity contribution in [1.29, 1.82) is 0 Å². The second-order valence-corrected chi connectivity index (χ2v) is 16.4. The number of nitrogens with zero attached hydrogens (tertiary/aromatic N) is 8. The van der Waals surface area contributed by atoms with Crippen molar-refractivity contribution in [3.8, 4) is 5.75 Å². The van der Waals surface area contributed by atoms with E-state index in [0.29, 0.717) is 23.1 Å². The van der Waals surface area contributed by atoms with E-state index in [4.69, 9.17) is 14.7 Å². The standard InChI is InChI=1S/C37H49N10OPS/c1-44-16-18-46(19-17-44)26-10-14-47(15-11-26)31-22-32(48-3)30(21-25(31)20-24-4-5-24)42-37-40-23-33(49)36(43-37)41-29-9-8-28-34(39-13-12-38-28)35(29)45(2)50-27-6-7-27/h8-9,12-13,21-24,26-27H,4-7,10-11,14-20,49H2,1-3H3,(H2,40,41,42,43). The van der Waals surface area contributed by atoms with E-state index in [2.05, 4.69) is 81.1 Å². The van der Waals surface area contributed by atoms with Gasteiger partial charge in [0.05, 0.1) is 29.7 Å². The Hall–Kier alpha value is -3.44. The summed E-state index contributed by atoms with van der Waals surface area (Å²) in [5.74, 6) is 2.79. The molecule has 4 heterocycles. The molecule has 2 N–H and O–H groups in total. The third-order valence-corrected chi connectivity index (χ3v) is 12.2. The van der Waals surface area contributed by atoms with Gasteiger partial charge in [0, 0.05) is 93.3 Å². The number of benzene rings is 2. The van der Waals surface area contributed by atoms with Gasteiger partial charge in [0.15, 0.2) is 0 Å². The van der Waals surface area contributed by atoms with Gasteiger partial charge in [0.1, 0.15) is 17.1 Å². The maximum atomic E-state index is 6.02. The quantitative estimate of drug-likeness (QED) is 0.137. The predicted octanol–water partition coefficient (Wildman–Crippen LogP) is 5.83. The first kappa shape index (κ1) is 33.7. The van der Waals surface area contributed by atoms with Crippen molar-refractivity contribution in [3.63, 3.8) is 0 Å². The normalized spacial score (nSPS) is 19.2. The summed E-state index contributed by atoms with van der Waals surface area (Å²) in [5, 5.41) is 8.66. The van der Waals surface area contributed by atoms with Crippen LogP contribution in [0.2, 0.25) is 0 Å². The van der Waals surface area contributed by atoms with Crippen LogP contribution < -0.4 is 29.9 Å². The van der Waals surface area contributed by atoms with Crippen molar-refractivity contribution in [2.45, 2.75) is 56.2 Å². The third kappa shape index (κ3) is 7.59. The van der Waals surface area contributed by atoms with Gasteiger partial charge >= 0.3 is 0 Å². The molecule has 0 bridgehead atoms. The van der Waals surface area contributed by atoms with E-state index in [1.807, 2.05) is 24.2 Å². The fourth-order valence-corrected chi connectivity index (χ4v) is 8.62. The van der Waals surface area contributed by atoms with Crippen molar-refractivity contribution in [2.75, 3.05) is 80.3 Å². The number of aromatic nitrogens is 4. The Morgan fingerprint density at radius 2 is 1.70 bits per heavy atom. The monoisotopic (exact) mass is 712 g/mol. The minimum absolute atomic E-state index is 0.512. The Morgan fingerprint density at radius 1 is 0.920 bits per heavy atom. The van der Waals surface area contributed by atoms with Gasteiger partial charge in [-0.15, -0.1) is 0 Å². The molecule has 2 aliphatic heterocycles. The van der Waals surface area contributed by atoms with E-state index in [-0.39, 0.29) is 0 Å². The van der Waals surface area contributed by atoms with Crippen LogP contribution in [0.1, 0.15) is 44.1 Å². The lowest BCUT2D eigenvalue weighted by Gasteiger charge is -2.43. The minimum Gasteiger partial charge on any atom is -0.494 e. The Morgan fingerprint density at radius 3 is 2.44 bits per heavy atom. The van der Waals surface area contributed by atoms with Crippen LogP contribution in [-0.2, 0) is 6.42 Å². The van der Waals surface area contributed by atoms with Gasteiger partial charge in [-0.2, -0.15) is 4.98 Å². The van der Waals surface area contributed by atoms with Crippen LogP contribution >= 0.6 is 21.2 Å². The molecule has 1 atom stereocenters. The Bertz CT molecular complexity index is 1820. The van der Waals surface area contributed by atoms with Gasteiger partial charge in [0.2, 0.25) is 5.95 Å². The molecule has 4 aromatic rings. The molecular weight excluding hydrogens is 664 g/mol. The fourth-order valence-electron chi connectivity index (χ4n) is 7.32. The first-order chi connectivity index (χ1) is 24.4. The largest absolute Gasteiger partial charge is 0.494 e. The molecule has 0 spiro atoms. The highest BCUT2D eigenvalue weighted by atomic mass is 32.2. The molecular formula is C37H49N10OPS. The van der Waals surface area contributed by atoms with Gasteiger partial charge in [0.25, 0.3) is 0 Å². The number of hydrogen-bond donors (Lipinski definition) is 2. The van der Waals surface area contributed by atoms with Crippen molar-refractivity contribution in [3.05, 3.63) is 48.4 Å². The van der Waals surface area contributed by atoms with Gasteiger partial charge < -0.3 is 29.5 Å². The smallest absolute Gasteiger partial charge is 0.229 e. The number of rotatable bonds is 12. The van der Waals surface area contributed by atoms with E-state index < -0.39 is 0 Å². The number of fused-ring (bicyclic) bond motifs is 1. The zero-order valence-electron chi connectivity index (χ0n) is 29.4. The third-order valence-electron chi connectivity index (χ3n) is 10.5. The molecule has 264 valence electrons. The molecule has 2 saturated heterocycles. The minimum atomic E-state index is 0.512.